The van der Waals surface area contributed by atoms with Gasteiger partial charge >= 0.3 is 0 Å². The number of rotatable bonds is 4. The Hall–Kier alpha value is -3.04. The van der Waals surface area contributed by atoms with E-state index in [0.29, 0.717) is 35.9 Å². The van der Waals surface area contributed by atoms with Crippen LogP contribution in [-0.2, 0) is 5.54 Å². The van der Waals surface area contributed by atoms with Crippen molar-refractivity contribution >= 4 is 23.6 Å². The molecule has 2 saturated heterocycles. The number of nitrogens with zero attached hydrogens (tertiary/aromatic N) is 3. The first-order valence-electron chi connectivity index (χ1n) is 10.3. The van der Waals surface area contributed by atoms with E-state index >= 15 is 4.39 Å². The number of aromatic nitrogens is 2. The molecule has 0 saturated carbocycles. The third-order valence-corrected chi connectivity index (χ3v) is 7.14. The average Bonchev–Trinajstić information content (AvgIpc) is 3.20. The molecule has 2 aromatic carbocycles. The average molecular weight is 454 g/mol. The van der Waals surface area contributed by atoms with Crippen LogP contribution in [0.3, 0.4) is 0 Å². The van der Waals surface area contributed by atoms with Crippen LogP contribution in [0.5, 0.6) is 0 Å². The molecule has 0 bridgehead atoms. The van der Waals surface area contributed by atoms with Gasteiger partial charge in [-0.2, -0.15) is 0 Å². The highest BCUT2D eigenvalue weighted by molar-refractivity contribution is 7.99. The smallest absolute Gasteiger partial charge is 0.253 e. The lowest BCUT2D eigenvalue weighted by Gasteiger charge is -2.43. The minimum absolute atomic E-state index is 0.0305. The first-order valence-corrected chi connectivity index (χ1v) is 11.3. The van der Waals surface area contributed by atoms with Gasteiger partial charge in [-0.15, -0.1) is 11.8 Å². The molecule has 3 heterocycles. The summed E-state index contributed by atoms with van der Waals surface area (Å²) in [7, 11) is 0. The maximum Gasteiger partial charge on any atom is 0.253 e. The minimum Gasteiger partial charge on any atom is -0.338 e. The van der Waals surface area contributed by atoms with Gasteiger partial charge in [0.15, 0.2) is 5.82 Å². The molecule has 6 nitrogen and oxygen atoms in total. The minimum atomic E-state index is -0.761. The summed E-state index contributed by atoms with van der Waals surface area (Å²) in [5.74, 6) is 0.0997. The van der Waals surface area contributed by atoms with E-state index in [0.717, 1.165) is 12.4 Å². The van der Waals surface area contributed by atoms with Gasteiger partial charge < -0.3 is 10.2 Å². The van der Waals surface area contributed by atoms with Crippen molar-refractivity contribution in [1.82, 2.24) is 20.6 Å². The molecule has 0 spiro atoms. The lowest BCUT2D eigenvalue weighted by atomic mass is 9.81. The van der Waals surface area contributed by atoms with Crippen LogP contribution in [0, 0.1) is 17.6 Å². The summed E-state index contributed by atoms with van der Waals surface area (Å²) in [5.41, 5.74) is -0.0746. The Balaban J connectivity index is 1.45. The van der Waals surface area contributed by atoms with E-state index in [1.165, 1.54) is 6.07 Å². The molecule has 3 unspecified atom stereocenters. The quantitative estimate of drug-likeness (QED) is 0.633. The van der Waals surface area contributed by atoms with Crippen LogP contribution in [0.25, 0.3) is 0 Å². The predicted octanol–water partition coefficient (Wildman–Crippen LogP) is 3.14. The van der Waals surface area contributed by atoms with Gasteiger partial charge in [0.2, 0.25) is 5.95 Å². The maximum atomic E-state index is 15.0. The lowest BCUT2D eigenvalue weighted by molar-refractivity contribution is 0.0933. The van der Waals surface area contributed by atoms with Crippen molar-refractivity contribution in [2.24, 2.45) is 5.92 Å². The second-order valence-corrected chi connectivity index (χ2v) is 9.07. The van der Waals surface area contributed by atoms with Crippen molar-refractivity contribution in [3.63, 3.8) is 0 Å². The van der Waals surface area contributed by atoms with Crippen LogP contribution in [0.1, 0.15) is 15.9 Å². The van der Waals surface area contributed by atoms with E-state index in [-0.39, 0.29) is 17.6 Å². The van der Waals surface area contributed by atoms with E-state index in [2.05, 4.69) is 20.6 Å². The molecule has 3 aromatic rings. The molecule has 5 rings (SSSR count). The zero-order valence-electron chi connectivity index (χ0n) is 17.0. The molecule has 2 fully saturated rings. The summed E-state index contributed by atoms with van der Waals surface area (Å²) in [6, 6.07) is 15.7. The number of anilines is 1. The van der Waals surface area contributed by atoms with Gasteiger partial charge in [0.25, 0.3) is 5.91 Å². The summed E-state index contributed by atoms with van der Waals surface area (Å²) in [6.45, 7) is 0.974. The largest absolute Gasteiger partial charge is 0.338 e. The number of thioether (sulfide) groups is 1. The topological polar surface area (TPSA) is 70.2 Å². The summed E-state index contributed by atoms with van der Waals surface area (Å²) >= 11 is 1.57. The predicted molar refractivity (Wildman–Crippen MR) is 119 cm³/mol. The van der Waals surface area contributed by atoms with Gasteiger partial charge in [-0.1, -0.05) is 36.4 Å². The molecule has 2 aliphatic rings. The van der Waals surface area contributed by atoms with Gasteiger partial charge in [-0.3, -0.25) is 10.1 Å². The standard InChI is InChI=1S/C23H21F2N5OS/c24-17-10-26-21(27-11-17)30-12-16-13-32-22(28-20(31)15-6-2-1-3-7-15)29-23(16,14-30)18-8-4-5-9-19(18)25/h1-11,16,22,29H,12-14H2,(H,28,31). The van der Waals surface area contributed by atoms with Crippen molar-refractivity contribution in [1.29, 1.82) is 0 Å². The molecule has 0 radical (unpaired) electrons. The zero-order chi connectivity index (χ0) is 22.1. The van der Waals surface area contributed by atoms with Crippen molar-refractivity contribution in [3.05, 3.63) is 89.8 Å². The van der Waals surface area contributed by atoms with Crippen LogP contribution in [0.4, 0.5) is 14.7 Å². The summed E-state index contributed by atoms with van der Waals surface area (Å²) in [5, 5.41) is 6.53. The second kappa shape index (κ2) is 8.48. The first-order chi connectivity index (χ1) is 15.5. The lowest BCUT2D eigenvalue weighted by Crippen LogP contribution is -2.61. The number of hydrogen-bond donors (Lipinski definition) is 2. The fourth-order valence-electron chi connectivity index (χ4n) is 4.46. The fourth-order valence-corrected chi connectivity index (χ4v) is 5.76. The van der Waals surface area contributed by atoms with E-state index in [1.54, 1.807) is 36.0 Å². The number of carbonyl (C=O) groups is 1. The monoisotopic (exact) mass is 453 g/mol. The molecular weight excluding hydrogens is 432 g/mol. The normalized spacial score (nSPS) is 24.8. The van der Waals surface area contributed by atoms with Crippen molar-refractivity contribution in [3.8, 4) is 0 Å². The molecular formula is C23H21F2N5OS. The van der Waals surface area contributed by atoms with Crippen LogP contribution in [-0.4, -0.2) is 40.2 Å². The molecule has 164 valence electrons. The number of halogens is 2. The second-order valence-electron chi connectivity index (χ2n) is 7.93. The van der Waals surface area contributed by atoms with E-state index in [1.807, 2.05) is 29.2 Å². The number of nitrogens with one attached hydrogen (secondary N) is 2. The Bertz CT molecular complexity index is 1120. The molecule has 1 aromatic heterocycles. The van der Waals surface area contributed by atoms with Gasteiger partial charge in [-0.05, 0) is 18.2 Å². The molecule has 32 heavy (non-hydrogen) atoms. The maximum absolute atomic E-state index is 15.0. The summed E-state index contributed by atoms with van der Waals surface area (Å²) in [4.78, 5) is 22.9. The van der Waals surface area contributed by atoms with E-state index in [4.69, 9.17) is 0 Å². The number of amides is 1. The highest BCUT2D eigenvalue weighted by Crippen LogP contribution is 2.44. The fraction of sp³-hybridized carbons (Fsp3) is 0.261. The number of carbonyl (C=O) groups excluding carboxylic acids is 1. The van der Waals surface area contributed by atoms with Crippen LogP contribution >= 0.6 is 11.8 Å². The number of fused-ring (bicyclic) bond motifs is 1. The summed E-state index contributed by atoms with van der Waals surface area (Å²) < 4.78 is 28.3. The van der Waals surface area contributed by atoms with Gasteiger partial charge in [-0.25, -0.2) is 18.7 Å². The first kappa shape index (κ1) is 20.8. The SMILES string of the molecule is O=C(NC1NC2(c3ccccc3F)CN(c3ncc(F)cn3)CC2CS1)c1ccccc1. The molecule has 2 N–H and O–H groups in total. The van der Waals surface area contributed by atoms with Gasteiger partial charge in [0, 0.05) is 35.9 Å². The van der Waals surface area contributed by atoms with Crippen molar-refractivity contribution in [2.45, 2.75) is 11.0 Å². The van der Waals surface area contributed by atoms with Crippen LogP contribution < -0.4 is 15.5 Å². The van der Waals surface area contributed by atoms with Gasteiger partial charge in [0.1, 0.15) is 11.3 Å². The summed E-state index contributed by atoms with van der Waals surface area (Å²) in [6.07, 6.45) is 2.26. The van der Waals surface area contributed by atoms with E-state index in [9.17, 15) is 9.18 Å². The zero-order valence-corrected chi connectivity index (χ0v) is 17.9. The third kappa shape index (κ3) is 3.82. The highest BCUT2D eigenvalue weighted by atomic mass is 32.2. The Morgan fingerprint density at radius 1 is 1.09 bits per heavy atom. The molecule has 1 amide bonds. The molecule has 3 atom stereocenters. The Labute approximate surface area is 188 Å². The van der Waals surface area contributed by atoms with Crippen molar-refractivity contribution in [2.75, 3.05) is 23.7 Å². The van der Waals surface area contributed by atoms with Crippen LogP contribution in [0.15, 0.2) is 67.0 Å². The number of benzene rings is 2. The Kier molecular flexibility index (Phi) is 5.52. The Morgan fingerprint density at radius 2 is 1.81 bits per heavy atom. The molecule has 9 heteroatoms. The number of hydrogen-bond acceptors (Lipinski definition) is 6. The third-order valence-electron chi connectivity index (χ3n) is 5.97. The Morgan fingerprint density at radius 3 is 2.56 bits per heavy atom. The van der Waals surface area contributed by atoms with Gasteiger partial charge in [0.05, 0.1) is 17.9 Å². The van der Waals surface area contributed by atoms with E-state index < -0.39 is 16.9 Å². The molecule has 0 aliphatic carbocycles. The molecule has 2 aliphatic heterocycles. The van der Waals surface area contributed by atoms with Crippen molar-refractivity contribution < 1.29 is 13.6 Å². The highest BCUT2D eigenvalue weighted by Gasteiger charge is 2.53. The van der Waals surface area contributed by atoms with Crippen LogP contribution in [0.2, 0.25) is 0 Å².